The number of nitrogens with zero attached hydrogens (tertiary/aromatic N) is 1. The minimum atomic E-state index is -0.0956. The Balaban J connectivity index is 4.84. The second-order valence-electron chi connectivity index (χ2n) is 4.35. The number of allylic oxidation sites excluding steroid dienone is 2. The van der Waals surface area contributed by atoms with Crippen molar-refractivity contribution in [3.8, 4) is 0 Å². The number of amides is 1. The highest BCUT2D eigenvalue weighted by Gasteiger charge is 2.24. The van der Waals surface area contributed by atoms with Gasteiger partial charge in [-0.1, -0.05) is 32.9 Å². The SMILES string of the molecule is C/C=C\N(C)C(=O)/C(=C\C)C(C)(C)C. The molecule has 0 aliphatic rings. The molecule has 0 aromatic rings. The number of hydrogen-bond donors (Lipinski definition) is 0. The van der Waals surface area contributed by atoms with E-state index in [1.807, 2.05) is 46.8 Å². The summed E-state index contributed by atoms with van der Waals surface area (Å²) in [6, 6.07) is 0. The van der Waals surface area contributed by atoms with E-state index in [2.05, 4.69) is 0 Å². The van der Waals surface area contributed by atoms with Crippen LogP contribution in [0, 0.1) is 5.41 Å². The van der Waals surface area contributed by atoms with Gasteiger partial charge in [-0.15, -0.1) is 0 Å². The fourth-order valence-corrected chi connectivity index (χ4v) is 1.36. The van der Waals surface area contributed by atoms with E-state index < -0.39 is 0 Å². The average Bonchev–Trinajstić information content (AvgIpc) is 2.03. The molecule has 0 aromatic carbocycles. The zero-order valence-electron chi connectivity index (χ0n) is 10.1. The molecule has 0 bridgehead atoms. The van der Waals surface area contributed by atoms with Gasteiger partial charge < -0.3 is 4.90 Å². The third-order valence-corrected chi connectivity index (χ3v) is 2.02. The molecule has 2 nitrogen and oxygen atoms in total. The van der Waals surface area contributed by atoms with Crippen LogP contribution in [-0.2, 0) is 4.79 Å². The quantitative estimate of drug-likeness (QED) is 0.620. The molecular weight excluding hydrogens is 174 g/mol. The molecule has 0 saturated carbocycles. The largest absolute Gasteiger partial charge is 0.319 e. The first-order chi connectivity index (χ1) is 6.34. The van der Waals surface area contributed by atoms with Gasteiger partial charge in [0.2, 0.25) is 0 Å². The first-order valence-electron chi connectivity index (χ1n) is 4.91. The molecule has 0 saturated heterocycles. The lowest BCUT2D eigenvalue weighted by atomic mass is 9.85. The predicted octanol–water partition coefficient (Wildman–Crippen LogP) is 2.97. The maximum atomic E-state index is 11.9. The fraction of sp³-hybridized carbons (Fsp3) is 0.583. The molecule has 0 spiro atoms. The summed E-state index contributed by atoms with van der Waals surface area (Å²) in [6.45, 7) is 9.94. The van der Waals surface area contributed by atoms with Crippen molar-refractivity contribution in [3.63, 3.8) is 0 Å². The molecule has 0 unspecified atom stereocenters. The number of rotatable bonds is 2. The summed E-state index contributed by atoms with van der Waals surface area (Å²) in [5, 5.41) is 0. The van der Waals surface area contributed by atoms with Crippen molar-refractivity contribution in [3.05, 3.63) is 23.9 Å². The van der Waals surface area contributed by atoms with Gasteiger partial charge in [-0.05, 0) is 19.3 Å². The maximum Gasteiger partial charge on any atom is 0.253 e. The van der Waals surface area contributed by atoms with Gasteiger partial charge in [-0.25, -0.2) is 0 Å². The zero-order valence-corrected chi connectivity index (χ0v) is 10.1. The molecule has 0 N–H and O–H groups in total. The molecule has 2 heteroatoms. The van der Waals surface area contributed by atoms with E-state index in [9.17, 15) is 4.79 Å². The number of hydrogen-bond acceptors (Lipinski definition) is 1. The maximum absolute atomic E-state index is 11.9. The van der Waals surface area contributed by atoms with Crippen LogP contribution in [0.3, 0.4) is 0 Å². The predicted molar refractivity (Wildman–Crippen MR) is 60.8 cm³/mol. The first-order valence-corrected chi connectivity index (χ1v) is 4.91. The van der Waals surface area contributed by atoms with Crippen molar-refractivity contribution in [1.29, 1.82) is 0 Å². The van der Waals surface area contributed by atoms with Crippen LogP contribution in [0.25, 0.3) is 0 Å². The summed E-state index contributed by atoms with van der Waals surface area (Å²) in [5.41, 5.74) is 0.750. The molecule has 0 rings (SSSR count). The van der Waals surface area contributed by atoms with Crippen LogP contribution >= 0.6 is 0 Å². The summed E-state index contributed by atoms with van der Waals surface area (Å²) >= 11 is 0. The Bertz CT molecular complexity index is 256. The smallest absolute Gasteiger partial charge is 0.253 e. The molecule has 0 aliphatic carbocycles. The van der Waals surface area contributed by atoms with Crippen LogP contribution < -0.4 is 0 Å². The number of carbonyl (C=O) groups is 1. The summed E-state index contributed by atoms with van der Waals surface area (Å²) in [4.78, 5) is 13.5. The van der Waals surface area contributed by atoms with Crippen LogP contribution in [0.1, 0.15) is 34.6 Å². The Morgan fingerprint density at radius 2 is 1.71 bits per heavy atom. The monoisotopic (exact) mass is 195 g/mol. The molecule has 0 aliphatic heterocycles. The standard InChI is InChI=1S/C12H21NO/c1-7-9-13(6)11(14)10(8-2)12(3,4)5/h7-9H,1-6H3/b9-7-,10-8+. The van der Waals surface area contributed by atoms with E-state index >= 15 is 0 Å². The van der Waals surface area contributed by atoms with Gasteiger partial charge in [0, 0.05) is 18.8 Å². The molecule has 0 aromatic heterocycles. The molecule has 0 atom stereocenters. The van der Waals surface area contributed by atoms with E-state index in [4.69, 9.17) is 0 Å². The summed E-state index contributed by atoms with van der Waals surface area (Å²) in [7, 11) is 1.78. The van der Waals surface area contributed by atoms with Crippen LogP contribution in [0.15, 0.2) is 23.9 Å². The molecule has 80 valence electrons. The molecule has 0 heterocycles. The lowest BCUT2D eigenvalue weighted by Gasteiger charge is -2.24. The van der Waals surface area contributed by atoms with E-state index in [0.717, 1.165) is 5.57 Å². The molecular formula is C12H21NO. The van der Waals surface area contributed by atoms with Crippen LogP contribution in [0.2, 0.25) is 0 Å². The number of likely N-dealkylation sites (N-methyl/N-ethyl adjacent to an activating group) is 1. The summed E-state index contributed by atoms with van der Waals surface area (Å²) in [6.07, 6.45) is 5.52. The lowest BCUT2D eigenvalue weighted by Crippen LogP contribution is -2.28. The van der Waals surface area contributed by atoms with Gasteiger partial charge >= 0.3 is 0 Å². The second kappa shape index (κ2) is 4.99. The highest BCUT2D eigenvalue weighted by molar-refractivity contribution is 5.94. The number of carbonyl (C=O) groups excluding carboxylic acids is 1. The first kappa shape index (κ1) is 12.9. The third kappa shape index (κ3) is 3.36. The van der Waals surface area contributed by atoms with Crippen molar-refractivity contribution in [2.45, 2.75) is 34.6 Å². The lowest BCUT2D eigenvalue weighted by molar-refractivity contribution is -0.124. The van der Waals surface area contributed by atoms with E-state index in [0.29, 0.717) is 0 Å². The van der Waals surface area contributed by atoms with Gasteiger partial charge in [0.15, 0.2) is 0 Å². The summed E-state index contributed by atoms with van der Waals surface area (Å²) < 4.78 is 0. The van der Waals surface area contributed by atoms with Gasteiger partial charge in [-0.2, -0.15) is 0 Å². The summed E-state index contributed by atoms with van der Waals surface area (Å²) in [5.74, 6) is 0.0677. The Morgan fingerprint density at radius 3 is 2.00 bits per heavy atom. The van der Waals surface area contributed by atoms with E-state index in [1.54, 1.807) is 18.1 Å². The molecule has 0 fully saturated rings. The highest BCUT2D eigenvalue weighted by atomic mass is 16.2. The third-order valence-electron chi connectivity index (χ3n) is 2.02. The topological polar surface area (TPSA) is 20.3 Å². The van der Waals surface area contributed by atoms with Crippen LogP contribution in [0.5, 0.6) is 0 Å². The Morgan fingerprint density at radius 1 is 1.21 bits per heavy atom. The molecule has 1 amide bonds. The van der Waals surface area contributed by atoms with E-state index in [-0.39, 0.29) is 11.3 Å². The van der Waals surface area contributed by atoms with Gasteiger partial charge in [-0.3, -0.25) is 4.79 Å². The van der Waals surface area contributed by atoms with Crippen LogP contribution in [0.4, 0.5) is 0 Å². The van der Waals surface area contributed by atoms with Gasteiger partial charge in [0.05, 0.1) is 0 Å². The average molecular weight is 195 g/mol. The van der Waals surface area contributed by atoms with Gasteiger partial charge in [0.25, 0.3) is 5.91 Å². The highest BCUT2D eigenvalue weighted by Crippen LogP contribution is 2.26. The Kier molecular flexibility index (Phi) is 4.61. The van der Waals surface area contributed by atoms with Crippen molar-refractivity contribution in [2.75, 3.05) is 7.05 Å². The van der Waals surface area contributed by atoms with Crippen molar-refractivity contribution >= 4 is 5.91 Å². The zero-order chi connectivity index (χ0) is 11.4. The van der Waals surface area contributed by atoms with E-state index in [1.165, 1.54) is 0 Å². The fourth-order valence-electron chi connectivity index (χ4n) is 1.36. The minimum absolute atomic E-state index is 0.0677. The van der Waals surface area contributed by atoms with Crippen molar-refractivity contribution in [1.82, 2.24) is 4.90 Å². The second-order valence-corrected chi connectivity index (χ2v) is 4.35. The normalized spacial score (nSPS) is 13.4. The van der Waals surface area contributed by atoms with Crippen molar-refractivity contribution < 1.29 is 4.79 Å². The molecule has 14 heavy (non-hydrogen) atoms. The Labute approximate surface area is 87.3 Å². The molecule has 0 radical (unpaired) electrons. The van der Waals surface area contributed by atoms with Crippen LogP contribution in [-0.4, -0.2) is 17.9 Å². The van der Waals surface area contributed by atoms with Crippen molar-refractivity contribution in [2.24, 2.45) is 5.41 Å². The van der Waals surface area contributed by atoms with Gasteiger partial charge in [0.1, 0.15) is 0 Å². The Hall–Kier alpha value is -1.05. The minimum Gasteiger partial charge on any atom is -0.319 e.